The third-order valence-electron chi connectivity index (χ3n) is 4.37. The molecule has 3 atom stereocenters. The largest absolute Gasteiger partial charge is 0.391 e. The summed E-state index contributed by atoms with van der Waals surface area (Å²) in [5.41, 5.74) is 0.137. The van der Waals surface area contributed by atoms with E-state index in [1.165, 1.54) is 0 Å². The molecule has 1 aliphatic carbocycles. The van der Waals surface area contributed by atoms with E-state index in [0.717, 1.165) is 0 Å². The maximum absolute atomic E-state index is 9.96. The lowest BCUT2D eigenvalue weighted by molar-refractivity contribution is 0.0158. The standard InChI is InChI=1S/C10H20OS/c1-6-7(12)8(11)10(4,5)9(6,2)3/h6-8,11-12H,1-5H3/t6-,7-,8-/m1/s1. The first-order valence-corrected chi connectivity index (χ1v) is 5.10. The molecule has 0 aromatic carbocycles. The van der Waals surface area contributed by atoms with Crippen LogP contribution in [0.25, 0.3) is 0 Å². The lowest BCUT2D eigenvalue weighted by atomic mass is 9.67. The fourth-order valence-electron chi connectivity index (χ4n) is 2.10. The molecular weight excluding hydrogens is 168 g/mol. The van der Waals surface area contributed by atoms with Gasteiger partial charge in [-0.1, -0.05) is 34.6 Å². The zero-order valence-corrected chi connectivity index (χ0v) is 9.52. The van der Waals surface area contributed by atoms with Crippen molar-refractivity contribution in [2.24, 2.45) is 16.7 Å². The SMILES string of the molecule is C[C@@H]1[C@@H](S)[C@@H](O)C(C)(C)C1(C)C. The van der Waals surface area contributed by atoms with Crippen molar-refractivity contribution in [1.82, 2.24) is 0 Å². The van der Waals surface area contributed by atoms with Crippen LogP contribution in [-0.2, 0) is 0 Å². The van der Waals surface area contributed by atoms with Crippen LogP contribution in [-0.4, -0.2) is 16.5 Å². The van der Waals surface area contributed by atoms with Gasteiger partial charge < -0.3 is 5.11 Å². The van der Waals surface area contributed by atoms with Crippen molar-refractivity contribution in [3.8, 4) is 0 Å². The van der Waals surface area contributed by atoms with Crippen molar-refractivity contribution in [2.45, 2.75) is 46.0 Å². The summed E-state index contributed by atoms with van der Waals surface area (Å²) in [6, 6.07) is 0. The minimum Gasteiger partial charge on any atom is -0.391 e. The van der Waals surface area contributed by atoms with Crippen LogP contribution in [0, 0.1) is 16.7 Å². The van der Waals surface area contributed by atoms with Crippen molar-refractivity contribution in [2.75, 3.05) is 0 Å². The Labute approximate surface area is 81.0 Å². The van der Waals surface area contributed by atoms with Crippen molar-refractivity contribution in [3.05, 3.63) is 0 Å². The minimum absolute atomic E-state index is 0.0289. The molecule has 1 fully saturated rings. The Balaban J connectivity index is 3.06. The second kappa shape index (κ2) is 2.65. The molecule has 0 aromatic heterocycles. The monoisotopic (exact) mass is 188 g/mol. The van der Waals surface area contributed by atoms with E-state index in [9.17, 15) is 5.11 Å². The van der Waals surface area contributed by atoms with E-state index in [-0.39, 0.29) is 22.2 Å². The molecule has 72 valence electrons. The van der Waals surface area contributed by atoms with Crippen LogP contribution in [0.4, 0.5) is 0 Å². The second-order valence-electron chi connectivity index (χ2n) is 5.17. The van der Waals surface area contributed by atoms with Crippen molar-refractivity contribution < 1.29 is 5.11 Å². The fraction of sp³-hybridized carbons (Fsp3) is 1.00. The van der Waals surface area contributed by atoms with Crippen LogP contribution in [0.2, 0.25) is 0 Å². The molecule has 0 radical (unpaired) electrons. The molecule has 1 saturated carbocycles. The summed E-state index contributed by atoms with van der Waals surface area (Å²) in [6.45, 7) is 10.9. The summed E-state index contributed by atoms with van der Waals surface area (Å²) in [4.78, 5) is 0. The highest BCUT2D eigenvalue weighted by Crippen LogP contribution is 2.56. The lowest BCUT2D eigenvalue weighted by Gasteiger charge is -2.39. The molecule has 0 aromatic rings. The van der Waals surface area contributed by atoms with Gasteiger partial charge >= 0.3 is 0 Å². The summed E-state index contributed by atoms with van der Waals surface area (Å²) in [5, 5.41) is 10.1. The molecule has 0 heterocycles. The molecule has 0 unspecified atom stereocenters. The van der Waals surface area contributed by atoms with Crippen LogP contribution in [0.15, 0.2) is 0 Å². The molecule has 12 heavy (non-hydrogen) atoms. The van der Waals surface area contributed by atoms with Crippen molar-refractivity contribution in [1.29, 1.82) is 0 Å². The number of thiol groups is 1. The van der Waals surface area contributed by atoms with Gasteiger partial charge in [0.15, 0.2) is 0 Å². The molecule has 0 bridgehead atoms. The van der Waals surface area contributed by atoms with Crippen molar-refractivity contribution in [3.63, 3.8) is 0 Å². The molecule has 0 saturated heterocycles. The van der Waals surface area contributed by atoms with E-state index in [1.54, 1.807) is 0 Å². The third kappa shape index (κ3) is 1.04. The maximum atomic E-state index is 9.96. The van der Waals surface area contributed by atoms with Gasteiger partial charge in [0.05, 0.1) is 6.10 Å². The summed E-state index contributed by atoms with van der Waals surface area (Å²) in [6.07, 6.45) is -0.286. The summed E-state index contributed by atoms with van der Waals surface area (Å²) < 4.78 is 0. The zero-order valence-electron chi connectivity index (χ0n) is 8.63. The fourth-order valence-corrected chi connectivity index (χ4v) is 2.84. The average molecular weight is 188 g/mol. The molecule has 0 aliphatic heterocycles. The predicted octanol–water partition coefficient (Wildman–Crippen LogP) is 2.35. The topological polar surface area (TPSA) is 20.2 Å². The third-order valence-corrected chi connectivity index (χ3v) is 5.10. The number of hydrogen-bond donors (Lipinski definition) is 2. The number of aliphatic hydroxyl groups is 1. The zero-order chi connectivity index (χ0) is 9.73. The summed E-state index contributed by atoms with van der Waals surface area (Å²) in [5.74, 6) is 0.464. The Morgan fingerprint density at radius 2 is 1.50 bits per heavy atom. The molecule has 0 spiro atoms. The molecule has 1 rings (SSSR count). The lowest BCUT2D eigenvalue weighted by Crippen LogP contribution is -2.36. The van der Waals surface area contributed by atoms with E-state index in [4.69, 9.17) is 0 Å². The van der Waals surface area contributed by atoms with E-state index < -0.39 is 0 Å². The number of rotatable bonds is 0. The molecule has 2 heteroatoms. The van der Waals surface area contributed by atoms with E-state index >= 15 is 0 Å². The molecular formula is C10H20OS. The number of hydrogen-bond acceptors (Lipinski definition) is 2. The first-order valence-electron chi connectivity index (χ1n) is 4.59. The van der Waals surface area contributed by atoms with Gasteiger partial charge in [-0.2, -0.15) is 12.6 Å². The van der Waals surface area contributed by atoms with Crippen LogP contribution < -0.4 is 0 Å². The van der Waals surface area contributed by atoms with E-state index in [1.807, 2.05) is 0 Å². The summed E-state index contributed by atoms with van der Waals surface area (Å²) >= 11 is 4.46. The minimum atomic E-state index is -0.286. The Morgan fingerprint density at radius 1 is 1.08 bits per heavy atom. The van der Waals surface area contributed by atoms with Gasteiger partial charge in [-0.15, -0.1) is 0 Å². The maximum Gasteiger partial charge on any atom is 0.0715 e. The Morgan fingerprint density at radius 3 is 1.58 bits per heavy atom. The van der Waals surface area contributed by atoms with Crippen LogP contribution in [0.1, 0.15) is 34.6 Å². The highest BCUT2D eigenvalue weighted by atomic mass is 32.1. The van der Waals surface area contributed by atoms with E-state index in [0.29, 0.717) is 5.92 Å². The predicted molar refractivity (Wildman–Crippen MR) is 55.5 cm³/mol. The molecule has 1 N–H and O–H groups in total. The van der Waals surface area contributed by atoms with Crippen LogP contribution >= 0.6 is 12.6 Å². The Bertz CT molecular complexity index is 166. The first-order chi connectivity index (χ1) is 5.23. The molecule has 0 amide bonds. The van der Waals surface area contributed by atoms with Crippen LogP contribution in [0.5, 0.6) is 0 Å². The van der Waals surface area contributed by atoms with Gasteiger partial charge in [0.2, 0.25) is 0 Å². The van der Waals surface area contributed by atoms with Gasteiger partial charge in [0, 0.05) is 5.25 Å². The Hall–Kier alpha value is 0.310. The quantitative estimate of drug-likeness (QED) is 0.559. The van der Waals surface area contributed by atoms with E-state index in [2.05, 4.69) is 47.2 Å². The van der Waals surface area contributed by atoms with Gasteiger partial charge in [-0.25, -0.2) is 0 Å². The smallest absolute Gasteiger partial charge is 0.0715 e. The van der Waals surface area contributed by atoms with Gasteiger partial charge in [0.1, 0.15) is 0 Å². The van der Waals surface area contributed by atoms with Gasteiger partial charge in [0.25, 0.3) is 0 Å². The average Bonchev–Trinajstić information content (AvgIpc) is 2.05. The van der Waals surface area contributed by atoms with Gasteiger partial charge in [-0.3, -0.25) is 0 Å². The van der Waals surface area contributed by atoms with Crippen molar-refractivity contribution >= 4 is 12.6 Å². The summed E-state index contributed by atoms with van der Waals surface area (Å²) in [7, 11) is 0. The highest BCUT2D eigenvalue weighted by Gasteiger charge is 2.56. The molecule has 1 nitrogen and oxygen atoms in total. The second-order valence-corrected chi connectivity index (χ2v) is 5.76. The van der Waals surface area contributed by atoms with Gasteiger partial charge in [-0.05, 0) is 16.7 Å². The normalized spacial score (nSPS) is 44.8. The Kier molecular flexibility index (Phi) is 2.29. The molecule has 1 aliphatic rings. The van der Waals surface area contributed by atoms with Crippen LogP contribution in [0.3, 0.4) is 0 Å². The number of aliphatic hydroxyl groups excluding tert-OH is 1. The first kappa shape index (κ1) is 10.4. The highest BCUT2D eigenvalue weighted by molar-refractivity contribution is 7.81.